The highest BCUT2D eigenvalue weighted by Gasteiger charge is 2.69. The van der Waals surface area contributed by atoms with Crippen molar-refractivity contribution in [3.63, 3.8) is 0 Å². The molecule has 1 saturated carbocycles. The van der Waals surface area contributed by atoms with Crippen molar-refractivity contribution in [2.24, 2.45) is 23.7 Å². The van der Waals surface area contributed by atoms with Crippen LogP contribution in [-0.2, 0) is 24.6 Å². The quantitative estimate of drug-likeness (QED) is 0.309. The van der Waals surface area contributed by atoms with E-state index in [0.29, 0.717) is 28.3 Å². The molecular weight excluding hydrogens is 591 g/mol. The van der Waals surface area contributed by atoms with Crippen LogP contribution in [0.15, 0.2) is 78.4 Å². The molecule has 2 heterocycles. The van der Waals surface area contributed by atoms with Crippen LogP contribution < -0.4 is 15.0 Å². The Bertz CT molecular complexity index is 1760. The zero-order valence-electron chi connectivity index (χ0n) is 22.9. The van der Waals surface area contributed by atoms with E-state index in [-0.39, 0.29) is 34.8 Å². The molecule has 0 unspecified atom stereocenters. The largest absolute Gasteiger partial charge is 0.503 e. The lowest BCUT2D eigenvalue weighted by molar-refractivity contribution is -0.128. The Balaban J connectivity index is 1.54. The summed E-state index contributed by atoms with van der Waals surface area (Å²) in [6.45, 7) is 0. The molecule has 7 rings (SSSR count). The Morgan fingerprint density at radius 1 is 0.953 bits per heavy atom. The fraction of sp³-hybridized carbons (Fsp3) is 0.273. The molecule has 3 fully saturated rings. The molecular formula is C33H26Cl2N2O6. The molecule has 218 valence electrons. The Hall–Kier alpha value is -4.14. The van der Waals surface area contributed by atoms with Crippen molar-refractivity contribution in [1.82, 2.24) is 5.32 Å². The highest BCUT2D eigenvalue weighted by Crippen LogP contribution is 2.64. The summed E-state index contributed by atoms with van der Waals surface area (Å²) in [5.41, 5.74) is 0.853. The van der Waals surface area contributed by atoms with Crippen LogP contribution in [0.25, 0.3) is 0 Å². The van der Waals surface area contributed by atoms with Gasteiger partial charge in [0.15, 0.2) is 11.5 Å². The SMILES string of the molecule is COc1cc([C@H]2C3=CC[C@@H]4C(=O)NC(=O)[C@@H]4[C@@H]3C[C@H]3C(=O)N(c4cccc(Cl)c4)C(=O)[C@@]23c2ccccc2)cc(Cl)c1O. The summed E-state index contributed by atoms with van der Waals surface area (Å²) in [6.07, 6.45) is 2.44. The molecule has 3 aromatic rings. The van der Waals surface area contributed by atoms with Crippen molar-refractivity contribution in [2.45, 2.75) is 24.2 Å². The molecule has 43 heavy (non-hydrogen) atoms. The topological polar surface area (TPSA) is 113 Å². The minimum absolute atomic E-state index is 0.0165. The molecule has 4 aliphatic rings. The number of methoxy groups -OCH3 is 1. The van der Waals surface area contributed by atoms with Gasteiger partial charge in [0.1, 0.15) is 0 Å². The normalized spacial score (nSPS) is 29.5. The second-order valence-corrected chi connectivity index (χ2v) is 12.3. The fourth-order valence-electron chi connectivity index (χ4n) is 7.95. The molecule has 0 spiro atoms. The van der Waals surface area contributed by atoms with Gasteiger partial charge < -0.3 is 9.84 Å². The first kappa shape index (κ1) is 27.7. The summed E-state index contributed by atoms with van der Waals surface area (Å²) in [4.78, 5) is 56.8. The third kappa shape index (κ3) is 3.82. The van der Waals surface area contributed by atoms with Gasteiger partial charge in [-0.3, -0.25) is 24.5 Å². The van der Waals surface area contributed by atoms with Gasteiger partial charge in [0, 0.05) is 10.9 Å². The lowest BCUT2D eigenvalue weighted by Crippen LogP contribution is -2.53. The van der Waals surface area contributed by atoms with Gasteiger partial charge in [0.05, 0.1) is 41.0 Å². The Kier molecular flexibility index (Phi) is 6.41. The van der Waals surface area contributed by atoms with E-state index in [4.69, 9.17) is 27.9 Å². The number of aromatic hydroxyl groups is 1. The number of amides is 4. The first-order chi connectivity index (χ1) is 20.7. The van der Waals surface area contributed by atoms with Gasteiger partial charge >= 0.3 is 0 Å². The molecule has 2 aliphatic carbocycles. The van der Waals surface area contributed by atoms with Gasteiger partial charge in [-0.15, -0.1) is 0 Å². The van der Waals surface area contributed by atoms with E-state index in [1.54, 1.807) is 36.4 Å². The van der Waals surface area contributed by atoms with E-state index in [9.17, 15) is 19.5 Å². The number of fused-ring (bicyclic) bond motifs is 4. The van der Waals surface area contributed by atoms with Crippen molar-refractivity contribution >= 4 is 52.5 Å². The highest BCUT2D eigenvalue weighted by atomic mass is 35.5. The molecule has 0 radical (unpaired) electrons. The molecule has 3 aromatic carbocycles. The van der Waals surface area contributed by atoms with Crippen LogP contribution in [0.3, 0.4) is 0 Å². The number of carbonyl (C=O) groups excluding carboxylic acids is 4. The van der Waals surface area contributed by atoms with Crippen LogP contribution in [0.5, 0.6) is 11.5 Å². The number of phenols is 1. The maximum atomic E-state index is 15.1. The number of carbonyl (C=O) groups is 4. The zero-order valence-corrected chi connectivity index (χ0v) is 24.4. The van der Waals surface area contributed by atoms with Crippen molar-refractivity contribution in [3.05, 3.63) is 99.6 Å². The predicted octanol–water partition coefficient (Wildman–Crippen LogP) is 5.16. The van der Waals surface area contributed by atoms with E-state index >= 15 is 4.79 Å². The number of imide groups is 2. The average Bonchev–Trinajstić information content (AvgIpc) is 3.42. The van der Waals surface area contributed by atoms with Crippen molar-refractivity contribution < 1.29 is 29.0 Å². The first-order valence-corrected chi connectivity index (χ1v) is 14.7. The zero-order chi connectivity index (χ0) is 30.2. The van der Waals surface area contributed by atoms with Crippen LogP contribution in [0, 0.1) is 23.7 Å². The number of allylic oxidation sites excluding steroid dienone is 2. The van der Waals surface area contributed by atoms with Crippen molar-refractivity contribution in [3.8, 4) is 11.5 Å². The fourth-order valence-corrected chi connectivity index (χ4v) is 8.35. The number of nitrogens with one attached hydrogen (secondary N) is 1. The standard InChI is InChI=1S/C33H26Cl2N2O6/c1-43-25-13-16(12-24(35)28(25)38)27-20-10-11-21-26(30(40)36-29(21)39)22(20)15-23-31(41)37(19-9-5-8-18(34)14-19)32(42)33(23,27)17-6-3-2-4-7-17/h2-10,12-14,21-23,26-27,38H,11,15H2,1H3,(H,36,39,40)/t21-,22+,23-,26-,27-,33+/m0/s1. The van der Waals surface area contributed by atoms with Crippen LogP contribution in [0.4, 0.5) is 5.69 Å². The third-order valence-corrected chi connectivity index (χ3v) is 10.1. The average molecular weight is 617 g/mol. The van der Waals surface area contributed by atoms with E-state index in [1.165, 1.54) is 12.0 Å². The number of phenolic OH excluding ortho intramolecular Hbond substituents is 1. The number of rotatable bonds is 4. The number of nitrogens with zero attached hydrogens (tertiary/aromatic N) is 1. The summed E-state index contributed by atoms with van der Waals surface area (Å²) >= 11 is 12.8. The summed E-state index contributed by atoms with van der Waals surface area (Å²) in [7, 11) is 1.40. The van der Waals surface area contributed by atoms with E-state index in [1.807, 2.05) is 36.4 Å². The Labute approximate surface area is 257 Å². The Morgan fingerprint density at radius 2 is 1.72 bits per heavy atom. The molecule has 2 aliphatic heterocycles. The van der Waals surface area contributed by atoms with Crippen molar-refractivity contribution in [1.29, 1.82) is 0 Å². The number of ether oxygens (including phenoxy) is 1. The van der Waals surface area contributed by atoms with E-state index < -0.39 is 46.8 Å². The lowest BCUT2D eigenvalue weighted by atomic mass is 9.49. The van der Waals surface area contributed by atoms with Gasteiger partial charge in [0.25, 0.3) is 0 Å². The molecule has 0 bridgehead atoms. The van der Waals surface area contributed by atoms with Gasteiger partial charge in [-0.1, -0.05) is 71.2 Å². The van der Waals surface area contributed by atoms with Crippen LogP contribution in [0.1, 0.15) is 29.9 Å². The highest BCUT2D eigenvalue weighted by molar-refractivity contribution is 6.33. The second-order valence-electron chi connectivity index (χ2n) is 11.5. The summed E-state index contributed by atoms with van der Waals surface area (Å²) in [5, 5.41) is 13.5. The number of halogens is 2. The maximum Gasteiger partial charge on any atom is 0.246 e. The van der Waals surface area contributed by atoms with Gasteiger partial charge in [-0.25, -0.2) is 4.90 Å². The van der Waals surface area contributed by atoms with E-state index in [0.717, 1.165) is 5.57 Å². The monoisotopic (exact) mass is 616 g/mol. The van der Waals surface area contributed by atoms with Gasteiger partial charge in [0.2, 0.25) is 23.6 Å². The predicted molar refractivity (Wildman–Crippen MR) is 159 cm³/mol. The third-order valence-electron chi connectivity index (χ3n) is 9.61. The summed E-state index contributed by atoms with van der Waals surface area (Å²) in [6, 6.07) is 19.0. The van der Waals surface area contributed by atoms with Crippen LogP contribution >= 0.6 is 23.2 Å². The maximum absolute atomic E-state index is 15.1. The second kappa shape index (κ2) is 9.96. The summed E-state index contributed by atoms with van der Waals surface area (Å²) < 4.78 is 5.46. The van der Waals surface area contributed by atoms with Gasteiger partial charge in [-0.05, 0) is 60.2 Å². The minimum Gasteiger partial charge on any atom is -0.503 e. The number of hydrogen-bond acceptors (Lipinski definition) is 6. The molecule has 4 amide bonds. The first-order valence-electron chi connectivity index (χ1n) is 14.0. The number of anilines is 1. The summed E-state index contributed by atoms with van der Waals surface area (Å²) in [5.74, 6) is -5.10. The minimum atomic E-state index is -1.44. The van der Waals surface area contributed by atoms with E-state index in [2.05, 4.69) is 5.32 Å². The lowest BCUT2D eigenvalue weighted by Gasteiger charge is -2.50. The number of hydrogen-bond donors (Lipinski definition) is 2. The smallest absolute Gasteiger partial charge is 0.246 e. The molecule has 8 nitrogen and oxygen atoms in total. The molecule has 2 saturated heterocycles. The molecule has 2 N–H and O–H groups in total. The van der Waals surface area contributed by atoms with Crippen LogP contribution in [-0.4, -0.2) is 35.8 Å². The molecule has 6 atom stereocenters. The van der Waals surface area contributed by atoms with Gasteiger partial charge in [-0.2, -0.15) is 0 Å². The van der Waals surface area contributed by atoms with Crippen molar-refractivity contribution in [2.75, 3.05) is 12.0 Å². The number of benzene rings is 3. The van der Waals surface area contributed by atoms with Crippen LogP contribution in [0.2, 0.25) is 10.0 Å². The molecule has 0 aromatic heterocycles. The Morgan fingerprint density at radius 3 is 2.44 bits per heavy atom. The molecule has 10 heteroatoms.